The van der Waals surface area contributed by atoms with Gasteiger partial charge in [-0.2, -0.15) is 9.29 Å². The second-order valence-corrected chi connectivity index (χ2v) is 11.2. The smallest absolute Gasteiger partial charge is 0.394 e. The maximum atomic E-state index is 11.8. The van der Waals surface area contributed by atoms with E-state index in [9.17, 15) is 29.0 Å². The molecule has 0 bridgehead atoms. The summed E-state index contributed by atoms with van der Waals surface area (Å²) < 4.78 is 41.2. The number of fused-ring (bicyclic) bond motifs is 1. The van der Waals surface area contributed by atoms with Crippen molar-refractivity contribution in [2.75, 3.05) is 18.9 Å². The Morgan fingerprint density at radius 1 is 0.975 bits per heavy atom. The number of H-pyrrole nitrogens is 1. The fourth-order valence-corrected chi connectivity index (χ4v) is 5.23. The molecule has 0 amide bonds. The van der Waals surface area contributed by atoms with E-state index in [1.54, 1.807) is 0 Å². The van der Waals surface area contributed by atoms with Crippen LogP contribution in [0.4, 0.5) is 5.95 Å². The van der Waals surface area contributed by atoms with Gasteiger partial charge in [-0.05, 0) is 0 Å². The largest absolute Gasteiger partial charge is 0.481 e. The molecule has 2 aliphatic heterocycles. The topological polar surface area (TPSA) is 363 Å². The third-order valence-corrected chi connectivity index (χ3v) is 7.69. The molecule has 40 heavy (non-hydrogen) atoms. The van der Waals surface area contributed by atoms with Crippen LogP contribution in [0.15, 0.2) is 11.1 Å². The lowest BCUT2D eigenvalue weighted by Crippen LogP contribution is -2.58. The Kier molecular flexibility index (Phi) is 10.2. The summed E-state index contributed by atoms with van der Waals surface area (Å²) in [4.78, 5) is 48.1. The summed E-state index contributed by atoms with van der Waals surface area (Å²) >= 11 is 0. The quantitative estimate of drug-likeness (QED) is 0.128. The van der Waals surface area contributed by atoms with E-state index >= 15 is 0 Å². The average molecular weight is 623 g/mol. The molecule has 2 aromatic rings. The maximum absolute atomic E-state index is 11.8. The van der Waals surface area contributed by atoms with Gasteiger partial charge in [-0.1, -0.05) is 0 Å². The average Bonchev–Trinajstić information content (AvgIpc) is 3.38. The van der Waals surface area contributed by atoms with E-state index in [1.165, 1.54) is 0 Å². The fraction of sp³-hybridized carbons (Fsp3) is 0.688. The Hall–Kier alpha value is -1.95. The second kappa shape index (κ2) is 12.5. The molecule has 2 aliphatic rings. The van der Waals surface area contributed by atoms with Crippen molar-refractivity contribution >= 4 is 32.8 Å². The number of nitrogens with one attached hydrogen (secondary N) is 1. The van der Waals surface area contributed by atoms with Crippen LogP contribution in [0.2, 0.25) is 0 Å². The minimum absolute atomic E-state index is 0.0586. The number of rotatable bonds is 7. The number of hydrogen-bond acceptors (Lipinski definition) is 17. The van der Waals surface area contributed by atoms with Gasteiger partial charge in [-0.15, -0.1) is 0 Å². The summed E-state index contributed by atoms with van der Waals surface area (Å²) in [6.45, 7) is -1.40. The molecule has 1 unspecified atom stereocenters. The standard InChI is InChI=1S/C10H15N5O11P2.C6H12O6/c11-10-13-7-4(8(18)14-10)12-2-15(7)9-6(17)5(16)3(25-9)1-24-28(22,23)26-27(19,20)21;7-1-2-3(8)4(9)5(10)6(11)12-2/h2-3,5-6,9,16-17H,1H2,(H,22,23)(H2,19,20,21)(H3,11,13,14,18);2-11H,1H2/t3-,5-,6-,9-;2-,3-,4+,5+,6+/m11/s1. The highest BCUT2D eigenvalue weighted by Gasteiger charge is 2.46. The number of phosphoric ester groups is 1. The van der Waals surface area contributed by atoms with Crippen LogP contribution < -0.4 is 11.3 Å². The van der Waals surface area contributed by atoms with Crippen LogP contribution in [-0.2, 0) is 27.4 Å². The number of aromatic amines is 1. The van der Waals surface area contributed by atoms with E-state index < -0.39 is 89.7 Å². The van der Waals surface area contributed by atoms with Crippen LogP contribution in [0, 0.1) is 0 Å². The first-order valence-corrected chi connectivity index (χ1v) is 13.9. The summed E-state index contributed by atoms with van der Waals surface area (Å²) in [7, 11) is -10.5. The van der Waals surface area contributed by atoms with Gasteiger partial charge in [0.1, 0.15) is 42.7 Å². The van der Waals surface area contributed by atoms with Gasteiger partial charge in [0, 0.05) is 0 Å². The molecule has 0 aromatic carbocycles. The number of ether oxygens (including phenoxy) is 2. The van der Waals surface area contributed by atoms with Gasteiger partial charge < -0.3 is 65.6 Å². The Morgan fingerprint density at radius 3 is 2.20 bits per heavy atom. The highest BCUT2D eigenvalue weighted by atomic mass is 31.3. The molecule has 228 valence electrons. The summed E-state index contributed by atoms with van der Waals surface area (Å²) in [5, 5.41) is 64.9. The van der Waals surface area contributed by atoms with E-state index in [2.05, 4.69) is 28.5 Å². The first kappa shape index (κ1) is 32.6. The molecular weight excluding hydrogens is 596 g/mol. The zero-order valence-corrected chi connectivity index (χ0v) is 21.6. The van der Waals surface area contributed by atoms with Crippen LogP contribution in [0.5, 0.6) is 0 Å². The summed E-state index contributed by atoms with van der Waals surface area (Å²) in [5.41, 5.74) is 4.65. The summed E-state index contributed by atoms with van der Waals surface area (Å²) in [6, 6.07) is 0. The third kappa shape index (κ3) is 7.46. The van der Waals surface area contributed by atoms with E-state index in [0.717, 1.165) is 10.9 Å². The predicted octanol–water partition coefficient (Wildman–Crippen LogP) is -5.67. The summed E-state index contributed by atoms with van der Waals surface area (Å²) in [5.74, 6) is -0.233. The third-order valence-electron chi connectivity index (χ3n) is 5.54. The van der Waals surface area contributed by atoms with Crippen LogP contribution in [0.3, 0.4) is 0 Å². The molecule has 13 N–H and O–H groups in total. The van der Waals surface area contributed by atoms with E-state index in [0.29, 0.717) is 0 Å². The highest BCUT2D eigenvalue weighted by Crippen LogP contribution is 2.57. The van der Waals surface area contributed by atoms with Crippen LogP contribution >= 0.6 is 15.6 Å². The van der Waals surface area contributed by atoms with Crippen LogP contribution in [0.25, 0.3) is 11.2 Å². The molecule has 0 saturated carbocycles. The van der Waals surface area contributed by atoms with Crippen molar-refractivity contribution in [2.45, 2.75) is 55.2 Å². The molecule has 0 radical (unpaired) electrons. The lowest BCUT2D eigenvalue weighted by molar-refractivity contribution is -0.286. The normalized spacial score (nSPS) is 34.3. The van der Waals surface area contributed by atoms with E-state index in [4.69, 9.17) is 45.8 Å². The molecule has 4 heterocycles. The molecule has 2 saturated heterocycles. The van der Waals surface area contributed by atoms with Gasteiger partial charge in [0.2, 0.25) is 5.95 Å². The molecule has 10 atom stereocenters. The maximum Gasteiger partial charge on any atom is 0.481 e. The van der Waals surface area contributed by atoms with E-state index in [1.807, 2.05) is 0 Å². The molecule has 22 nitrogen and oxygen atoms in total. The molecule has 0 aliphatic carbocycles. The molecule has 0 spiro atoms. The minimum Gasteiger partial charge on any atom is -0.394 e. The molecule has 2 aromatic heterocycles. The minimum atomic E-state index is -5.32. The van der Waals surface area contributed by atoms with Crippen molar-refractivity contribution in [1.29, 1.82) is 0 Å². The zero-order valence-electron chi connectivity index (χ0n) is 19.8. The number of aliphatic hydroxyl groups excluding tert-OH is 7. The SMILES string of the molecule is Nc1nc2c(ncn2[C@@H]2O[C@H](COP(=O)(O)OP(=O)(O)O)[C@@H](O)[C@H]2O)c(=O)[nH]1.OC[C@H]1O[C@H](O)[C@@H](O)[C@@H](O)[C@@H]1O. The Labute approximate surface area is 221 Å². The fourth-order valence-electron chi connectivity index (χ4n) is 3.63. The van der Waals surface area contributed by atoms with Crippen molar-refractivity contribution in [1.82, 2.24) is 19.5 Å². The van der Waals surface area contributed by atoms with Crippen molar-refractivity contribution in [2.24, 2.45) is 0 Å². The number of hydrogen-bond donors (Lipinski definition) is 12. The number of anilines is 1. The Morgan fingerprint density at radius 2 is 1.60 bits per heavy atom. The molecular formula is C16H27N5O17P2. The van der Waals surface area contributed by atoms with E-state index in [-0.39, 0.29) is 17.1 Å². The van der Waals surface area contributed by atoms with Crippen LogP contribution in [-0.4, -0.2) is 132 Å². The number of phosphoric acid groups is 2. The first-order valence-electron chi connectivity index (χ1n) is 10.9. The Balaban J connectivity index is 0.000000307. The van der Waals surface area contributed by atoms with Gasteiger partial charge in [0.15, 0.2) is 23.7 Å². The number of nitrogen functional groups attached to an aromatic ring is 1. The number of imidazole rings is 1. The van der Waals surface area contributed by atoms with Crippen molar-refractivity contribution < 1.29 is 77.9 Å². The van der Waals surface area contributed by atoms with Crippen molar-refractivity contribution in [3.63, 3.8) is 0 Å². The van der Waals surface area contributed by atoms with Crippen molar-refractivity contribution in [3.05, 3.63) is 16.7 Å². The number of nitrogens with zero attached hydrogens (tertiary/aromatic N) is 3. The number of nitrogens with two attached hydrogens (primary N) is 1. The molecule has 4 rings (SSSR count). The van der Waals surface area contributed by atoms with Gasteiger partial charge >= 0.3 is 15.6 Å². The monoisotopic (exact) mass is 623 g/mol. The van der Waals surface area contributed by atoms with Crippen LogP contribution in [0.1, 0.15) is 6.23 Å². The summed E-state index contributed by atoms with van der Waals surface area (Å²) in [6.07, 6.45) is -11.9. The Bertz CT molecular complexity index is 1310. The lowest BCUT2D eigenvalue weighted by atomic mass is 10.00. The van der Waals surface area contributed by atoms with Gasteiger partial charge in [0.05, 0.1) is 19.5 Å². The number of aliphatic hydroxyl groups is 7. The first-order chi connectivity index (χ1) is 18.5. The highest BCUT2D eigenvalue weighted by molar-refractivity contribution is 7.60. The van der Waals surface area contributed by atoms with Gasteiger partial charge in [-0.3, -0.25) is 18.9 Å². The predicted molar refractivity (Wildman–Crippen MR) is 123 cm³/mol. The van der Waals surface area contributed by atoms with Gasteiger partial charge in [0.25, 0.3) is 5.56 Å². The lowest BCUT2D eigenvalue weighted by Gasteiger charge is -2.37. The number of aromatic nitrogens is 4. The molecule has 24 heteroatoms. The van der Waals surface area contributed by atoms with Crippen molar-refractivity contribution in [3.8, 4) is 0 Å². The van der Waals surface area contributed by atoms with Gasteiger partial charge in [-0.25, -0.2) is 14.1 Å². The zero-order chi connectivity index (χ0) is 30.2. The molecule has 2 fully saturated rings. The second-order valence-electron chi connectivity index (χ2n) is 8.38.